The standard InChI is InChI=1S/C24H28N2O3/c1-29-22-10-6-5-9-19(22)11-12-23(27)25-13-15-26(16-14-25)24(28)21-17-20(21)18-7-3-2-4-8-18/h2-10,20-21H,11-17H2,1H3. The van der Waals surface area contributed by atoms with Gasteiger partial charge in [0.25, 0.3) is 0 Å². The molecular weight excluding hydrogens is 364 g/mol. The molecular formula is C24H28N2O3. The Morgan fingerprint density at radius 1 is 0.931 bits per heavy atom. The third-order valence-corrected chi connectivity index (χ3v) is 6.08. The Bertz CT molecular complexity index is 859. The van der Waals surface area contributed by atoms with Crippen molar-refractivity contribution in [3.8, 4) is 5.75 Å². The normalized spacial score (nSPS) is 21.0. The van der Waals surface area contributed by atoms with Gasteiger partial charge >= 0.3 is 0 Å². The molecule has 2 unspecified atom stereocenters. The summed E-state index contributed by atoms with van der Waals surface area (Å²) in [7, 11) is 1.65. The number of nitrogens with zero attached hydrogens (tertiary/aromatic N) is 2. The van der Waals surface area contributed by atoms with Gasteiger partial charge in [0.05, 0.1) is 7.11 Å². The van der Waals surface area contributed by atoms with Crippen LogP contribution in [0.3, 0.4) is 0 Å². The smallest absolute Gasteiger partial charge is 0.226 e. The molecule has 5 heteroatoms. The highest BCUT2D eigenvalue weighted by Gasteiger charge is 2.46. The zero-order chi connectivity index (χ0) is 20.2. The predicted octanol–water partition coefficient (Wildman–Crippen LogP) is 3.10. The van der Waals surface area contributed by atoms with Crippen LogP contribution in [0.1, 0.15) is 29.9 Å². The van der Waals surface area contributed by atoms with Gasteiger partial charge in [0.1, 0.15) is 5.75 Å². The van der Waals surface area contributed by atoms with Crippen LogP contribution in [-0.4, -0.2) is 54.9 Å². The molecule has 2 aliphatic rings. The SMILES string of the molecule is COc1ccccc1CCC(=O)N1CCN(C(=O)C2CC2c2ccccc2)CC1. The highest BCUT2D eigenvalue weighted by atomic mass is 16.5. The molecule has 2 atom stereocenters. The molecule has 1 saturated heterocycles. The van der Waals surface area contributed by atoms with Crippen molar-refractivity contribution in [2.45, 2.75) is 25.2 Å². The molecule has 2 aromatic carbocycles. The van der Waals surface area contributed by atoms with Gasteiger partial charge in [-0.05, 0) is 36.0 Å². The van der Waals surface area contributed by atoms with E-state index in [9.17, 15) is 9.59 Å². The van der Waals surface area contributed by atoms with Gasteiger partial charge in [-0.3, -0.25) is 9.59 Å². The second-order valence-electron chi connectivity index (χ2n) is 7.88. The van der Waals surface area contributed by atoms with E-state index in [0.29, 0.717) is 44.9 Å². The Hall–Kier alpha value is -2.82. The molecule has 1 aliphatic heterocycles. The molecule has 1 saturated carbocycles. The van der Waals surface area contributed by atoms with Gasteiger partial charge in [0.15, 0.2) is 0 Å². The Morgan fingerprint density at radius 2 is 1.59 bits per heavy atom. The maximum absolute atomic E-state index is 12.8. The van der Waals surface area contributed by atoms with E-state index >= 15 is 0 Å². The lowest BCUT2D eigenvalue weighted by atomic mass is 10.1. The van der Waals surface area contributed by atoms with E-state index in [2.05, 4.69) is 12.1 Å². The second kappa shape index (κ2) is 8.68. The largest absolute Gasteiger partial charge is 0.496 e. The van der Waals surface area contributed by atoms with Crippen LogP contribution in [0.5, 0.6) is 5.75 Å². The van der Waals surface area contributed by atoms with Crippen molar-refractivity contribution < 1.29 is 14.3 Å². The molecule has 152 valence electrons. The van der Waals surface area contributed by atoms with E-state index in [1.807, 2.05) is 52.3 Å². The van der Waals surface area contributed by atoms with Crippen molar-refractivity contribution in [2.24, 2.45) is 5.92 Å². The molecule has 4 rings (SSSR count). The van der Waals surface area contributed by atoms with Crippen LogP contribution in [-0.2, 0) is 16.0 Å². The zero-order valence-electron chi connectivity index (χ0n) is 16.9. The number of piperazine rings is 1. The Balaban J connectivity index is 1.24. The lowest BCUT2D eigenvalue weighted by molar-refractivity contribution is -0.140. The number of ether oxygens (including phenoxy) is 1. The molecule has 0 spiro atoms. The van der Waals surface area contributed by atoms with E-state index < -0.39 is 0 Å². The molecule has 5 nitrogen and oxygen atoms in total. The van der Waals surface area contributed by atoms with Crippen LogP contribution in [0.4, 0.5) is 0 Å². The number of amides is 2. The summed E-state index contributed by atoms with van der Waals surface area (Å²) in [6, 6.07) is 18.1. The highest BCUT2D eigenvalue weighted by Crippen LogP contribution is 2.48. The molecule has 2 aromatic rings. The summed E-state index contributed by atoms with van der Waals surface area (Å²) in [4.78, 5) is 29.3. The molecule has 2 amide bonds. The van der Waals surface area contributed by atoms with Gasteiger partial charge < -0.3 is 14.5 Å². The third-order valence-electron chi connectivity index (χ3n) is 6.08. The summed E-state index contributed by atoms with van der Waals surface area (Å²) < 4.78 is 5.36. The van der Waals surface area contributed by atoms with Crippen molar-refractivity contribution in [1.29, 1.82) is 0 Å². The quantitative estimate of drug-likeness (QED) is 0.759. The van der Waals surface area contributed by atoms with Gasteiger partial charge in [-0.1, -0.05) is 48.5 Å². The monoisotopic (exact) mass is 392 g/mol. The topological polar surface area (TPSA) is 49.9 Å². The van der Waals surface area contributed by atoms with Crippen LogP contribution < -0.4 is 4.74 Å². The van der Waals surface area contributed by atoms with Gasteiger partial charge in [-0.25, -0.2) is 0 Å². The lowest BCUT2D eigenvalue weighted by Crippen LogP contribution is -2.51. The van der Waals surface area contributed by atoms with E-state index in [4.69, 9.17) is 4.74 Å². The number of carbonyl (C=O) groups is 2. The Morgan fingerprint density at radius 3 is 2.31 bits per heavy atom. The summed E-state index contributed by atoms with van der Waals surface area (Å²) in [6.07, 6.45) is 2.08. The minimum atomic E-state index is 0.116. The van der Waals surface area contributed by atoms with Crippen molar-refractivity contribution in [2.75, 3.05) is 33.3 Å². The molecule has 2 fully saturated rings. The number of benzene rings is 2. The summed E-state index contributed by atoms with van der Waals surface area (Å²) in [5, 5.41) is 0. The average molecular weight is 392 g/mol. The number of hydrogen-bond donors (Lipinski definition) is 0. The van der Waals surface area contributed by atoms with Crippen molar-refractivity contribution in [1.82, 2.24) is 9.80 Å². The van der Waals surface area contributed by atoms with Crippen molar-refractivity contribution in [3.63, 3.8) is 0 Å². The first-order valence-corrected chi connectivity index (χ1v) is 10.4. The summed E-state index contributed by atoms with van der Waals surface area (Å²) in [6.45, 7) is 2.52. The van der Waals surface area contributed by atoms with Gasteiger partial charge in [0.2, 0.25) is 11.8 Å². The van der Waals surface area contributed by atoms with E-state index in [1.165, 1.54) is 5.56 Å². The van der Waals surface area contributed by atoms with Crippen molar-refractivity contribution in [3.05, 3.63) is 65.7 Å². The summed E-state index contributed by atoms with van der Waals surface area (Å²) in [5.74, 6) is 1.71. The number of methoxy groups -OCH3 is 1. The van der Waals surface area contributed by atoms with Crippen LogP contribution in [0.25, 0.3) is 0 Å². The summed E-state index contributed by atoms with van der Waals surface area (Å²) >= 11 is 0. The lowest BCUT2D eigenvalue weighted by Gasteiger charge is -2.35. The first-order valence-electron chi connectivity index (χ1n) is 10.4. The fourth-order valence-electron chi connectivity index (χ4n) is 4.26. The molecule has 0 bridgehead atoms. The predicted molar refractivity (Wildman–Crippen MR) is 112 cm³/mol. The molecule has 1 heterocycles. The van der Waals surface area contributed by atoms with E-state index in [1.54, 1.807) is 7.11 Å². The molecule has 0 radical (unpaired) electrons. The van der Waals surface area contributed by atoms with E-state index in [-0.39, 0.29) is 17.7 Å². The molecule has 29 heavy (non-hydrogen) atoms. The van der Waals surface area contributed by atoms with Gasteiger partial charge in [-0.2, -0.15) is 0 Å². The van der Waals surface area contributed by atoms with Crippen LogP contribution in [0, 0.1) is 5.92 Å². The van der Waals surface area contributed by atoms with Crippen molar-refractivity contribution >= 4 is 11.8 Å². The highest BCUT2D eigenvalue weighted by molar-refractivity contribution is 5.83. The van der Waals surface area contributed by atoms with Crippen LogP contribution in [0.15, 0.2) is 54.6 Å². The fraction of sp³-hybridized carbons (Fsp3) is 0.417. The number of aryl methyl sites for hydroxylation is 1. The van der Waals surface area contributed by atoms with Crippen LogP contribution in [0.2, 0.25) is 0 Å². The average Bonchev–Trinajstić information content (AvgIpc) is 3.59. The van der Waals surface area contributed by atoms with Gasteiger partial charge in [0, 0.05) is 38.5 Å². The maximum atomic E-state index is 12.8. The zero-order valence-corrected chi connectivity index (χ0v) is 16.9. The van der Waals surface area contributed by atoms with Gasteiger partial charge in [-0.15, -0.1) is 0 Å². The molecule has 1 aliphatic carbocycles. The Kier molecular flexibility index (Phi) is 5.84. The van der Waals surface area contributed by atoms with E-state index in [0.717, 1.165) is 17.7 Å². The fourth-order valence-corrected chi connectivity index (χ4v) is 4.26. The Labute approximate surface area is 172 Å². The molecule has 0 aromatic heterocycles. The first kappa shape index (κ1) is 19.5. The first-order chi connectivity index (χ1) is 14.2. The maximum Gasteiger partial charge on any atom is 0.226 e. The van der Waals surface area contributed by atoms with Crippen LogP contribution >= 0.6 is 0 Å². The summed E-state index contributed by atoms with van der Waals surface area (Å²) in [5.41, 5.74) is 2.31. The third kappa shape index (κ3) is 4.44. The second-order valence-corrected chi connectivity index (χ2v) is 7.88. The minimum Gasteiger partial charge on any atom is -0.496 e. The number of hydrogen-bond acceptors (Lipinski definition) is 3. The number of para-hydroxylation sites is 1. The minimum absolute atomic E-state index is 0.116. The number of rotatable bonds is 6. The number of carbonyl (C=O) groups excluding carboxylic acids is 2. The molecule has 0 N–H and O–H groups in total.